The van der Waals surface area contributed by atoms with Gasteiger partial charge in [-0.05, 0) is 44.7 Å². The lowest BCUT2D eigenvalue weighted by molar-refractivity contribution is 0.119. The summed E-state index contributed by atoms with van der Waals surface area (Å²) in [6, 6.07) is 6.58. The van der Waals surface area contributed by atoms with E-state index in [1.54, 1.807) is 0 Å². The van der Waals surface area contributed by atoms with E-state index in [4.69, 9.17) is 0 Å². The third-order valence-corrected chi connectivity index (χ3v) is 7.83. The van der Waals surface area contributed by atoms with E-state index in [0.717, 1.165) is 32.0 Å². The van der Waals surface area contributed by atoms with Crippen LogP contribution in [0.4, 0.5) is 4.39 Å². The molecule has 3 rings (SSSR count). The highest BCUT2D eigenvalue weighted by Gasteiger charge is 2.26. The molecule has 0 amide bonds. The number of nitrogens with zero attached hydrogens (tertiary/aromatic N) is 2. The molecule has 176 valence electrons. The maximum Gasteiger partial charge on any atom is 0.191 e. The largest absolute Gasteiger partial charge is 0.357 e. The van der Waals surface area contributed by atoms with E-state index < -0.39 is 15.7 Å². The van der Waals surface area contributed by atoms with Crippen LogP contribution in [0.15, 0.2) is 34.2 Å². The molecule has 1 saturated heterocycles. The van der Waals surface area contributed by atoms with Crippen molar-refractivity contribution in [2.24, 2.45) is 4.99 Å². The van der Waals surface area contributed by atoms with Gasteiger partial charge in [-0.3, -0.25) is 4.99 Å². The minimum atomic E-state index is -3.70. The van der Waals surface area contributed by atoms with Crippen LogP contribution in [-0.2, 0) is 9.84 Å². The Kier molecular flexibility index (Phi) is 11.0. The van der Waals surface area contributed by atoms with Crippen molar-refractivity contribution in [2.75, 3.05) is 31.9 Å². The van der Waals surface area contributed by atoms with Gasteiger partial charge in [0.15, 0.2) is 15.8 Å². The summed E-state index contributed by atoms with van der Waals surface area (Å²) in [6.45, 7) is 4.98. The maximum atomic E-state index is 13.8. The first-order valence-corrected chi connectivity index (χ1v) is 12.9. The molecule has 1 aromatic rings. The van der Waals surface area contributed by atoms with Gasteiger partial charge in [-0.25, -0.2) is 12.8 Å². The van der Waals surface area contributed by atoms with Crippen molar-refractivity contribution in [1.82, 2.24) is 15.5 Å². The number of halogens is 2. The fourth-order valence-corrected chi connectivity index (χ4v) is 5.66. The second-order valence-corrected chi connectivity index (χ2v) is 10.3. The maximum absolute atomic E-state index is 13.8. The number of rotatable bonds is 7. The number of guanidine groups is 1. The van der Waals surface area contributed by atoms with Crippen LogP contribution in [0, 0.1) is 5.82 Å². The van der Waals surface area contributed by atoms with E-state index >= 15 is 0 Å². The molecular formula is C22H36FIN4O2S. The van der Waals surface area contributed by atoms with E-state index in [-0.39, 0.29) is 41.2 Å². The SMILES string of the molecule is CCNC(=NCCS(=O)(=O)c1ccccc1F)NC1CCN(C2CCCCC2)CC1.I. The highest BCUT2D eigenvalue weighted by Crippen LogP contribution is 2.25. The zero-order chi connectivity index (χ0) is 21.4. The van der Waals surface area contributed by atoms with Crippen LogP contribution in [0.2, 0.25) is 0 Å². The molecular weight excluding hydrogens is 530 g/mol. The molecule has 1 aliphatic heterocycles. The minimum Gasteiger partial charge on any atom is -0.357 e. The summed E-state index contributed by atoms with van der Waals surface area (Å²) in [5.41, 5.74) is 0. The normalized spacial score (nSPS) is 19.6. The predicted molar refractivity (Wildman–Crippen MR) is 134 cm³/mol. The Morgan fingerprint density at radius 2 is 1.81 bits per heavy atom. The molecule has 1 heterocycles. The van der Waals surface area contributed by atoms with Gasteiger partial charge < -0.3 is 15.5 Å². The van der Waals surface area contributed by atoms with Crippen LogP contribution in [-0.4, -0.2) is 63.3 Å². The molecule has 6 nitrogen and oxygen atoms in total. The monoisotopic (exact) mass is 566 g/mol. The first-order valence-electron chi connectivity index (χ1n) is 11.3. The van der Waals surface area contributed by atoms with Crippen LogP contribution in [0.1, 0.15) is 51.9 Å². The molecule has 0 unspecified atom stereocenters. The highest BCUT2D eigenvalue weighted by atomic mass is 127. The summed E-state index contributed by atoms with van der Waals surface area (Å²) >= 11 is 0. The third-order valence-electron chi connectivity index (χ3n) is 6.11. The van der Waals surface area contributed by atoms with Crippen LogP contribution in [0.25, 0.3) is 0 Å². The number of piperidine rings is 1. The average molecular weight is 567 g/mol. The first-order chi connectivity index (χ1) is 14.5. The van der Waals surface area contributed by atoms with E-state index in [9.17, 15) is 12.8 Å². The third kappa shape index (κ3) is 7.85. The summed E-state index contributed by atoms with van der Waals surface area (Å²) in [5, 5.41) is 6.66. The van der Waals surface area contributed by atoms with Crippen LogP contribution >= 0.6 is 24.0 Å². The quantitative estimate of drug-likeness (QED) is 0.300. The standard InChI is InChI=1S/C22H35FN4O2S.HI/c1-2-24-22(25-14-17-30(28,29)21-11-7-6-10-20(21)23)26-18-12-15-27(16-13-18)19-8-4-3-5-9-19;/h6-7,10-11,18-19H,2-5,8-9,12-17H2,1H3,(H2,24,25,26);1H. The van der Waals surface area contributed by atoms with Gasteiger partial charge in [-0.15, -0.1) is 24.0 Å². The second-order valence-electron chi connectivity index (χ2n) is 8.26. The summed E-state index contributed by atoms with van der Waals surface area (Å²) in [6.07, 6.45) is 8.88. The van der Waals surface area contributed by atoms with Gasteiger partial charge in [0.2, 0.25) is 0 Å². The number of aliphatic imine (C=N–C) groups is 1. The first kappa shape index (κ1) is 26.3. The number of nitrogens with one attached hydrogen (secondary N) is 2. The Hall–Kier alpha value is -0.940. The molecule has 2 N–H and O–H groups in total. The second kappa shape index (κ2) is 12.9. The van der Waals surface area contributed by atoms with Crippen molar-refractivity contribution in [3.05, 3.63) is 30.1 Å². The molecule has 2 fully saturated rings. The fourth-order valence-electron chi connectivity index (χ4n) is 4.45. The van der Waals surface area contributed by atoms with Crippen molar-refractivity contribution in [2.45, 2.75) is 68.8 Å². The lowest BCUT2D eigenvalue weighted by Crippen LogP contribution is -2.51. The van der Waals surface area contributed by atoms with E-state index in [1.807, 2.05) is 6.92 Å². The number of benzene rings is 1. The van der Waals surface area contributed by atoms with E-state index in [1.165, 1.54) is 56.4 Å². The molecule has 0 aromatic heterocycles. The van der Waals surface area contributed by atoms with E-state index in [2.05, 4.69) is 20.5 Å². The molecule has 9 heteroatoms. The summed E-state index contributed by atoms with van der Waals surface area (Å²) in [5.74, 6) is -0.293. The smallest absolute Gasteiger partial charge is 0.191 e. The van der Waals surface area contributed by atoms with Crippen LogP contribution in [0.5, 0.6) is 0 Å². The summed E-state index contributed by atoms with van der Waals surface area (Å²) in [7, 11) is -3.70. The Labute approximate surface area is 203 Å². The Morgan fingerprint density at radius 3 is 2.45 bits per heavy atom. The van der Waals surface area contributed by atoms with E-state index in [0.29, 0.717) is 18.5 Å². The van der Waals surface area contributed by atoms with Crippen LogP contribution in [0.3, 0.4) is 0 Å². The summed E-state index contributed by atoms with van der Waals surface area (Å²) < 4.78 is 38.6. The molecule has 0 bridgehead atoms. The molecule has 2 aliphatic rings. The van der Waals surface area contributed by atoms with Gasteiger partial charge in [0.1, 0.15) is 10.7 Å². The molecule has 0 radical (unpaired) electrons. The van der Waals surface area contributed by atoms with Gasteiger partial charge in [0, 0.05) is 31.7 Å². The van der Waals surface area contributed by atoms with Crippen molar-refractivity contribution < 1.29 is 12.8 Å². The summed E-state index contributed by atoms with van der Waals surface area (Å²) in [4.78, 5) is 6.82. The van der Waals surface area contributed by atoms with Crippen molar-refractivity contribution in [3.8, 4) is 0 Å². The minimum absolute atomic E-state index is 0. The van der Waals surface area contributed by atoms with Gasteiger partial charge in [0.25, 0.3) is 0 Å². The molecule has 0 atom stereocenters. The Balaban J connectivity index is 0.00000341. The van der Waals surface area contributed by atoms with Crippen LogP contribution < -0.4 is 10.6 Å². The van der Waals surface area contributed by atoms with Gasteiger partial charge >= 0.3 is 0 Å². The number of hydrogen-bond acceptors (Lipinski definition) is 4. The Morgan fingerprint density at radius 1 is 1.13 bits per heavy atom. The molecule has 1 aromatic carbocycles. The lowest BCUT2D eigenvalue weighted by atomic mass is 9.92. The lowest BCUT2D eigenvalue weighted by Gasteiger charge is -2.39. The van der Waals surface area contributed by atoms with Gasteiger partial charge in [0.05, 0.1) is 12.3 Å². The molecule has 1 aliphatic carbocycles. The van der Waals surface area contributed by atoms with Crippen molar-refractivity contribution >= 4 is 39.8 Å². The predicted octanol–water partition coefficient (Wildman–Crippen LogP) is 3.57. The number of hydrogen-bond donors (Lipinski definition) is 2. The molecule has 31 heavy (non-hydrogen) atoms. The van der Waals surface area contributed by atoms with Crippen molar-refractivity contribution in [3.63, 3.8) is 0 Å². The highest BCUT2D eigenvalue weighted by molar-refractivity contribution is 14.0. The van der Waals surface area contributed by atoms with Gasteiger partial charge in [-0.1, -0.05) is 31.4 Å². The molecule has 1 saturated carbocycles. The topological polar surface area (TPSA) is 73.8 Å². The molecule has 0 spiro atoms. The average Bonchev–Trinajstić information content (AvgIpc) is 2.75. The van der Waals surface area contributed by atoms with Crippen molar-refractivity contribution in [1.29, 1.82) is 0 Å². The Bertz CT molecular complexity index is 807. The van der Waals surface area contributed by atoms with Gasteiger partial charge in [-0.2, -0.15) is 0 Å². The number of sulfone groups is 1. The number of likely N-dealkylation sites (tertiary alicyclic amines) is 1. The zero-order valence-corrected chi connectivity index (χ0v) is 21.5. The zero-order valence-electron chi connectivity index (χ0n) is 18.4. The fraction of sp³-hybridized carbons (Fsp3) is 0.682.